The number of hydrogen-bond acceptors (Lipinski definition) is 3. The van der Waals surface area contributed by atoms with Crippen molar-refractivity contribution in [3.05, 3.63) is 64.7 Å². The maximum atomic E-state index is 12.8. The minimum absolute atomic E-state index is 0.191. The van der Waals surface area contributed by atoms with Crippen LogP contribution in [-0.4, -0.2) is 27.7 Å². The summed E-state index contributed by atoms with van der Waals surface area (Å²) >= 11 is 6.13. The summed E-state index contributed by atoms with van der Waals surface area (Å²) in [7, 11) is 0. The van der Waals surface area contributed by atoms with Gasteiger partial charge in [0.2, 0.25) is 5.82 Å². The van der Waals surface area contributed by atoms with Gasteiger partial charge in [0.15, 0.2) is 5.69 Å². The van der Waals surface area contributed by atoms with Crippen LogP contribution in [0.25, 0.3) is 5.52 Å². The first kappa shape index (κ1) is 19.9. The van der Waals surface area contributed by atoms with E-state index in [2.05, 4.69) is 22.5 Å². The number of nitrogens with zero attached hydrogens (tertiary/aromatic N) is 2. The molecule has 1 aromatic carbocycles. The summed E-state index contributed by atoms with van der Waals surface area (Å²) < 4.78 is 1.63. The molecule has 0 bridgehead atoms. The number of rotatable bonds is 7. The molecular formula is C21H23ClN4O2. The number of imidazole rings is 1. The fraction of sp³-hybridized carbons (Fsp3) is 0.286. The van der Waals surface area contributed by atoms with Crippen LogP contribution in [0.5, 0.6) is 0 Å². The normalized spacial score (nSPS) is 10.8. The van der Waals surface area contributed by atoms with Gasteiger partial charge in [-0.15, -0.1) is 0 Å². The van der Waals surface area contributed by atoms with Crippen LogP contribution in [0.15, 0.2) is 42.6 Å². The van der Waals surface area contributed by atoms with Crippen LogP contribution >= 0.6 is 11.6 Å². The molecule has 3 aromatic rings. The van der Waals surface area contributed by atoms with Crippen LogP contribution in [-0.2, 0) is 0 Å². The number of carbonyl (C=O) groups excluding carboxylic acids is 2. The van der Waals surface area contributed by atoms with E-state index in [0.29, 0.717) is 22.8 Å². The summed E-state index contributed by atoms with van der Waals surface area (Å²) in [5.41, 5.74) is 2.25. The van der Waals surface area contributed by atoms with Gasteiger partial charge in [0.1, 0.15) is 0 Å². The fourth-order valence-electron chi connectivity index (χ4n) is 2.88. The van der Waals surface area contributed by atoms with Gasteiger partial charge in [-0.1, -0.05) is 43.5 Å². The molecule has 0 unspecified atom stereocenters. The Morgan fingerprint density at radius 1 is 1.14 bits per heavy atom. The second kappa shape index (κ2) is 8.89. The van der Waals surface area contributed by atoms with Gasteiger partial charge in [0.25, 0.3) is 11.8 Å². The van der Waals surface area contributed by atoms with Gasteiger partial charge >= 0.3 is 0 Å². The quantitative estimate of drug-likeness (QED) is 0.576. The van der Waals surface area contributed by atoms with Crippen LogP contribution in [0.4, 0.5) is 5.69 Å². The number of unbranched alkanes of at least 4 members (excludes halogenated alkanes) is 2. The number of anilines is 1. The fourth-order valence-corrected chi connectivity index (χ4v) is 3.06. The third-order valence-corrected chi connectivity index (χ3v) is 4.87. The third kappa shape index (κ3) is 4.34. The number of amides is 2. The van der Waals surface area contributed by atoms with Crippen molar-refractivity contribution in [1.82, 2.24) is 14.7 Å². The van der Waals surface area contributed by atoms with Crippen LogP contribution in [0.2, 0.25) is 5.02 Å². The van der Waals surface area contributed by atoms with Crippen molar-refractivity contribution in [2.75, 3.05) is 11.9 Å². The Bertz CT molecular complexity index is 1010. The van der Waals surface area contributed by atoms with Crippen molar-refractivity contribution < 1.29 is 9.59 Å². The van der Waals surface area contributed by atoms with Crippen molar-refractivity contribution in [1.29, 1.82) is 0 Å². The zero-order valence-electron chi connectivity index (χ0n) is 16.0. The molecule has 28 heavy (non-hydrogen) atoms. The Balaban J connectivity index is 1.85. The molecular weight excluding hydrogens is 376 g/mol. The Kier molecular flexibility index (Phi) is 6.31. The van der Waals surface area contributed by atoms with E-state index in [9.17, 15) is 9.59 Å². The van der Waals surface area contributed by atoms with E-state index in [1.165, 1.54) is 0 Å². The summed E-state index contributed by atoms with van der Waals surface area (Å²) in [6, 6.07) is 10.7. The van der Waals surface area contributed by atoms with Gasteiger partial charge < -0.3 is 10.6 Å². The molecule has 0 aliphatic carbocycles. The molecule has 146 valence electrons. The molecule has 6 nitrogen and oxygen atoms in total. The smallest absolute Gasteiger partial charge is 0.287 e. The van der Waals surface area contributed by atoms with Gasteiger partial charge in [0.05, 0.1) is 5.52 Å². The second-order valence-corrected chi connectivity index (χ2v) is 7.03. The minimum atomic E-state index is -0.395. The van der Waals surface area contributed by atoms with E-state index in [1.54, 1.807) is 40.9 Å². The molecule has 0 aliphatic rings. The number of aryl methyl sites for hydroxylation is 1. The molecule has 2 N–H and O–H groups in total. The lowest BCUT2D eigenvalue weighted by Crippen LogP contribution is -2.26. The molecule has 0 atom stereocenters. The van der Waals surface area contributed by atoms with Crippen molar-refractivity contribution in [2.24, 2.45) is 0 Å². The molecule has 0 radical (unpaired) electrons. The minimum Gasteiger partial charge on any atom is -0.349 e. The lowest BCUT2D eigenvalue weighted by atomic mass is 10.2. The van der Waals surface area contributed by atoms with E-state index in [-0.39, 0.29) is 17.4 Å². The number of benzene rings is 1. The monoisotopic (exact) mass is 398 g/mol. The van der Waals surface area contributed by atoms with Gasteiger partial charge in [-0.05, 0) is 43.2 Å². The Morgan fingerprint density at radius 3 is 2.71 bits per heavy atom. The predicted octanol–water partition coefficient (Wildman–Crippen LogP) is 4.47. The molecule has 2 aromatic heterocycles. The largest absolute Gasteiger partial charge is 0.349 e. The van der Waals surface area contributed by atoms with Gasteiger partial charge in [-0.2, -0.15) is 0 Å². The molecule has 3 rings (SSSR count). The van der Waals surface area contributed by atoms with E-state index >= 15 is 0 Å². The molecule has 0 fully saturated rings. The standard InChI is InChI=1S/C21H23ClN4O2/c1-3-4-6-11-23-21(28)19-25-18(17-8-5-7-12-26(17)19)20(27)24-15-10-9-14(2)16(22)13-15/h5,7-10,12-13H,3-4,6,11H2,1-2H3,(H,23,28)(H,24,27). The predicted molar refractivity (Wildman–Crippen MR) is 111 cm³/mol. The number of fused-ring (bicyclic) bond motifs is 1. The Morgan fingerprint density at radius 2 is 1.96 bits per heavy atom. The lowest BCUT2D eigenvalue weighted by Gasteiger charge is -2.05. The maximum absolute atomic E-state index is 12.8. The summed E-state index contributed by atoms with van der Waals surface area (Å²) in [6.07, 6.45) is 4.76. The average Bonchev–Trinajstić information content (AvgIpc) is 3.08. The van der Waals surface area contributed by atoms with E-state index < -0.39 is 5.91 Å². The first-order chi connectivity index (χ1) is 13.5. The molecule has 0 saturated carbocycles. The summed E-state index contributed by atoms with van der Waals surface area (Å²) in [5.74, 6) is -0.498. The highest BCUT2D eigenvalue weighted by Gasteiger charge is 2.21. The van der Waals surface area contributed by atoms with Gasteiger partial charge in [0, 0.05) is 23.5 Å². The summed E-state index contributed by atoms with van der Waals surface area (Å²) in [4.78, 5) is 29.7. The third-order valence-electron chi connectivity index (χ3n) is 4.46. The Labute approximate surface area is 168 Å². The summed E-state index contributed by atoms with van der Waals surface area (Å²) in [6.45, 7) is 4.58. The first-order valence-corrected chi connectivity index (χ1v) is 9.72. The zero-order valence-corrected chi connectivity index (χ0v) is 16.7. The average molecular weight is 399 g/mol. The number of carbonyl (C=O) groups is 2. The van der Waals surface area contributed by atoms with Crippen LogP contribution in [0.1, 0.15) is 52.9 Å². The van der Waals surface area contributed by atoms with Crippen molar-refractivity contribution in [3.63, 3.8) is 0 Å². The van der Waals surface area contributed by atoms with E-state index in [0.717, 1.165) is 24.8 Å². The Hall–Kier alpha value is -2.86. The number of pyridine rings is 1. The maximum Gasteiger partial charge on any atom is 0.287 e. The molecule has 0 saturated heterocycles. The van der Waals surface area contributed by atoms with Crippen molar-refractivity contribution in [3.8, 4) is 0 Å². The molecule has 0 spiro atoms. The molecule has 2 amide bonds. The van der Waals surface area contributed by atoms with Crippen molar-refractivity contribution in [2.45, 2.75) is 33.1 Å². The lowest BCUT2D eigenvalue weighted by molar-refractivity contribution is 0.0942. The van der Waals surface area contributed by atoms with E-state index in [1.807, 2.05) is 13.0 Å². The second-order valence-electron chi connectivity index (χ2n) is 6.62. The highest BCUT2D eigenvalue weighted by Crippen LogP contribution is 2.21. The number of halogens is 1. The zero-order chi connectivity index (χ0) is 20.1. The highest BCUT2D eigenvalue weighted by molar-refractivity contribution is 6.31. The van der Waals surface area contributed by atoms with Crippen LogP contribution in [0, 0.1) is 6.92 Å². The van der Waals surface area contributed by atoms with Gasteiger partial charge in [-0.3, -0.25) is 14.0 Å². The number of nitrogens with one attached hydrogen (secondary N) is 2. The molecule has 7 heteroatoms. The SMILES string of the molecule is CCCCCNC(=O)c1nc(C(=O)Nc2ccc(C)c(Cl)c2)c2ccccn12. The van der Waals surface area contributed by atoms with Crippen LogP contribution in [0.3, 0.4) is 0 Å². The number of aromatic nitrogens is 2. The van der Waals surface area contributed by atoms with E-state index in [4.69, 9.17) is 11.6 Å². The molecule has 2 heterocycles. The first-order valence-electron chi connectivity index (χ1n) is 9.34. The summed E-state index contributed by atoms with van der Waals surface area (Å²) in [5, 5.41) is 6.24. The van der Waals surface area contributed by atoms with Gasteiger partial charge in [-0.25, -0.2) is 4.98 Å². The number of hydrogen-bond donors (Lipinski definition) is 2. The van der Waals surface area contributed by atoms with Crippen molar-refractivity contribution >= 4 is 34.6 Å². The van der Waals surface area contributed by atoms with Crippen LogP contribution < -0.4 is 10.6 Å². The molecule has 0 aliphatic heterocycles. The highest BCUT2D eigenvalue weighted by atomic mass is 35.5. The topological polar surface area (TPSA) is 75.5 Å².